The molecule has 3 aliphatic rings. The summed E-state index contributed by atoms with van der Waals surface area (Å²) in [5, 5.41) is 9.93. The van der Waals surface area contributed by atoms with Crippen LogP contribution in [0.4, 0.5) is 0 Å². The van der Waals surface area contributed by atoms with E-state index >= 15 is 0 Å². The number of fused-ring (bicyclic) bond motifs is 4. The molecule has 0 radical (unpaired) electrons. The first-order valence-electron chi connectivity index (χ1n) is 13.1. The maximum Gasteiger partial charge on any atom is 0.0284 e. The molecule has 0 aromatic heterocycles. The van der Waals surface area contributed by atoms with Crippen LogP contribution in [0.15, 0.2) is 107 Å². The van der Waals surface area contributed by atoms with Crippen LogP contribution in [0.2, 0.25) is 0 Å². The van der Waals surface area contributed by atoms with E-state index in [9.17, 15) is 0 Å². The molecule has 0 saturated carbocycles. The van der Waals surface area contributed by atoms with Crippen LogP contribution in [0, 0.1) is 5.92 Å². The average Bonchev–Trinajstić information content (AvgIpc) is 3.26. The summed E-state index contributed by atoms with van der Waals surface area (Å²) in [6, 6.07) is 18.1. The summed E-state index contributed by atoms with van der Waals surface area (Å²) in [6.45, 7) is 14.5. The molecule has 0 heterocycles. The highest BCUT2D eigenvalue weighted by Crippen LogP contribution is 2.67. The summed E-state index contributed by atoms with van der Waals surface area (Å²) in [5.41, 5.74) is 4.27. The zero-order valence-corrected chi connectivity index (χ0v) is 23.2. The average molecular weight is 487 g/mol. The Hall–Kier alpha value is -2.95. The van der Waals surface area contributed by atoms with Gasteiger partial charge < -0.3 is 0 Å². The summed E-state index contributed by atoms with van der Waals surface area (Å²) in [7, 11) is -0.362. The molecule has 1 atom stereocenters. The van der Waals surface area contributed by atoms with Gasteiger partial charge in [0, 0.05) is 5.92 Å². The molecule has 0 amide bonds. The van der Waals surface area contributed by atoms with Crippen molar-refractivity contribution in [3.63, 3.8) is 0 Å². The smallest absolute Gasteiger partial charge is 0.0284 e. The molecular weight excluding hydrogens is 451 g/mol. The third-order valence-corrected chi connectivity index (χ3v) is 11.1. The lowest BCUT2D eigenvalue weighted by Crippen LogP contribution is -2.31. The Balaban J connectivity index is 1.52. The second-order valence-electron chi connectivity index (χ2n) is 12.3. The number of hydrogen-bond donors (Lipinski definition) is 0. The maximum absolute atomic E-state index is 2.50. The number of allylic oxidation sites excluding steroid dienone is 10. The van der Waals surface area contributed by atoms with Crippen molar-refractivity contribution in [3.05, 3.63) is 117 Å². The van der Waals surface area contributed by atoms with Crippen molar-refractivity contribution < 1.29 is 0 Å². The minimum atomic E-state index is -0.362. The molecule has 3 aromatic carbocycles. The van der Waals surface area contributed by atoms with E-state index in [2.05, 4.69) is 139 Å². The first-order chi connectivity index (χ1) is 17.1. The van der Waals surface area contributed by atoms with E-state index in [0.717, 1.165) is 0 Å². The number of rotatable bonds is 1. The van der Waals surface area contributed by atoms with Crippen molar-refractivity contribution in [1.29, 1.82) is 0 Å². The molecule has 0 N–H and O–H groups in total. The topological polar surface area (TPSA) is 0 Å². The Morgan fingerprint density at radius 3 is 1.92 bits per heavy atom. The SMILES string of the molecule is CC(C)(C)P(C1=CC=CC1=C1C=CC=C2C=c3cc4cc5ccccc5cc4cc3=CC21)C(C)(C)C. The minimum Gasteiger partial charge on any atom is -0.0647 e. The third kappa shape index (κ3) is 3.97. The van der Waals surface area contributed by atoms with E-state index in [-0.39, 0.29) is 18.2 Å². The Labute approximate surface area is 216 Å². The maximum atomic E-state index is 2.50. The first kappa shape index (κ1) is 23.4. The molecule has 3 aliphatic carbocycles. The lowest BCUT2D eigenvalue weighted by molar-refractivity contribution is 0.711. The van der Waals surface area contributed by atoms with E-state index in [4.69, 9.17) is 0 Å². The van der Waals surface area contributed by atoms with Gasteiger partial charge in [-0.1, -0.05) is 122 Å². The number of hydrogen-bond acceptors (Lipinski definition) is 0. The normalized spacial score (nSPS) is 21.2. The molecule has 180 valence electrons. The molecule has 1 unspecified atom stereocenters. The van der Waals surface area contributed by atoms with Crippen LogP contribution in [0.1, 0.15) is 41.5 Å². The van der Waals surface area contributed by atoms with Gasteiger partial charge in [-0.15, -0.1) is 0 Å². The third-order valence-electron chi connectivity index (χ3n) is 7.52. The lowest BCUT2D eigenvalue weighted by Gasteiger charge is -2.43. The van der Waals surface area contributed by atoms with E-state index in [1.807, 2.05) is 0 Å². The Kier molecular flexibility index (Phi) is 5.40. The van der Waals surface area contributed by atoms with E-state index in [1.54, 1.807) is 5.31 Å². The van der Waals surface area contributed by atoms with E-state index in [1.165, 1.54) is 48.7 Å². The van der Waals surface area contributed by atoms with Crippen LogP contribution < -0.4 is 10.4 Å². The van der Waals surface area contributed by atoms with Gasteiger partial charge in [0.15, 0.2) is 0 Å². The van der Waals surface area contributed by atoms with Gasteiger partial charge in [-0.3, -0.25) is 0 Å². The fourth-order valence-corrected chi connectivity index (χ4v) is 10.6. The van der Waals surface area contributed by atoms with Crippen LogP contribution in [-0.4, -0.2) is 10.3 Å². The molecule has 0 aliphatic heterocycles. The van der Waals surface area contributed by atoms with Gasteiger partial charge >= 0.3 is 0 Å². The number of benzene rings is 3. The highest BCUT2D eigenvalue weighted by molar-refractivity contribution is 7.65. The highest BCUT2D eigenvalue weighted by Gasteiger charge is 2.39. The van der Waals surface area contributed by atoms with Crippen molar-refractivity contribution in [2.75, 3.05) is 0 Å². The fourth-order valence-electron chi connectivity index (χ4n) is 6.47. The van der Waals surface area contributed by atoms with Crippen molar-refractivity contribution >= 4 is 41.6 Å². The second-order valence-corrected chi connectivity index (χ2v) is 16.1. The van der Waals surface area contributed by atoms with Gasteiger partial charge in [-0.25, -0.2) is 0 Å². The summed E-state index contributed by atoms with van der Waals surface area (Å²) in [4.78, 5) is 0. The summed E-state index contributed by atoms with van der Waals surface area (Å²) >= 11 is 0. The summed E-state index contributed by atoms with van der Waals surface area (Å²) in [5.74, 6) is 0.290. The van der Waals surface area contributed by atoms with Crippen molar-refractivity contribution in [1.82, 2.24) is 0 Å². The van der Waals surface area contributed by atoms with Gasteiger partial charge in [0.05, 0.1) is 0 Å². The van der Waals surface area contributed by atoms with Crippen LogP contribution in [-0.2, 0) is 0 Å². The molecule has 0 fully saturated rings. The summed E-state index contributed by atoms with van der Waals surface area (Å²) in [6.07, 6.45) is 18.9. The van der Waals surface area contributed by atoms with Crippen molar-refractivity contribution in [2.24, 2.45) is 5.92 Å². The Morgan fingerprint density at radius 2 is 1.28 bits per heavy atom. The van der Waals surface area contributed by atoms with E-state index < -0.39 is 0 Å². The molecule has 3 aromatic rings. The first-order valence-corrected chi connectivity index (χ1v) is 14.4. The van der Waals surface area contributed by atoms with Gasteiger partial charge in [-0.2, -0.15) is 0 Å². The van der Waals surface area contributed by atoms with Crippen LogP contribution in [0.5, 0.6) is 0 Å². The highest BCUT2D eigenvalue weighted by atomic mass is 31.1. The zero-order valence-electron chi connectivity index (χ0n) is 22.3. The van der Waals surface area contributed by atoms with Gasteiger partial charge in [0.25, 0.3) is 0 Å². The predicted octanol–water partition coefficient (Wildman–Crippen LogP) is 8.51. The standard InChI is InChI=1S/C35H35P/c1-34(2,3)36(35(4,5)6)33-16-10-15-31(33)30-14-9-13-25-19-28-20-26-17-23-11-7-8-12-24(23)18-27(26)21-29(28)22-32(25)30/h7-22,32H,1-6H3. The largest absolute Gasteiger partial charge is 0.0647 e. The molecule has 36 heavy (non-hydrogen) atoms. The van der Waals surface area contributed by atoms with Gasteiger partial charge in [0.1, 0.15) is 0 Å². The molecule has 1 heteroatoms. The van der Waals surface area contributed by atoms with Crippen LogP contribution in [0.3, 0.4) is 0 Å². The molecule has 6 rings (SSSR count). The van der Waals surface area contributed by atoms with Crippen LogP contribution in [0.25, 0.3) is 33.7 Å². The minimum absolute atomic E-state index is 0.241. The second kappa shape index (κ2) is 8.29. The quantitative estimate of drug-likeness (QED) is 0.239. The molecule has 0 bridgehead atoms. The lowest BCUT2D eigenvalue weighted by atomic mass is 9.80. The molecule has 0 saturated heterocycles. The van der Waals surface area contributed by atoms with Crippen molar-refractivity contribution in [3.8, 4) is 0 Å². The predicted molar refractivity (Wildman–Crippen MR) is 161 cm³/mol. The fraction of sp³-hybridized carbons (Fsp3) is 0.257. The Morgan fingerprint density at radius 1 is 0.667 bits per heavy atom. The van der Waals surface area contributed by atoms with Gasteiger partial charge in [0.2, 0.25) is 0 Å². The van der Waals surface area contributed by atoms with Crippen LogP contribution >= 0.6 is 7.92 Å². The monoisotopic (exact) mass is 486 g/mol. The molecule has 0 spiro atoms. The van der Waals surface area contributed by atoms with Crippen molar-refractivity contribution in [2.45, 2.75) is 51.9 Å². The Bertz CT molecular complexity index is 1670. The molecular formula is C35H35P. The van der Waals surface area contributed by atoms with Gasteiger partial charge in [-0.05, 0) is 88.6 Å². The summed E-state index contributed by atoms with van der Waals surface area (Å²) < 4.78 is 0. The van der Waals surface area contributed by atoms with E-state index in [0.29, 0.717) is 5.92 Å². The zero-order chi connectivity index (χ0) is 25.2. The molecule has 0 nitrogen and oxygen atoms in total.